The van der Waals surface area contributed by atoms with E-state index in [1.165, 1.54) is 0 Å². The lowest BCUT2D eigenvalue weighted by Gasteiger charge is -2.21. The first-order valence-electron chi connectivity index (χ1n) is 9.84. The molecular formula is C24H26N2O3. The van der Waals surface area contributed by atoms with Crippen molar-refractivity contribution in [3.8, 4) is 0 Å². The fourth-order valence-corrected chi connectivity index (χ4v) is 3.17. The average molecular weight is 390 g/mol. The van der Waals surface area contributed by atoms with Gasteiger partial charge >= 0.3 is 0 Å². The smallest absolute Gasteiger partial charge is 0.251 e. The fraction of sp³-hybridized carbons (Fsp3) is 0.250. The summed E-state index contributed by atoms with van der Waals surface area (Å²) in [5.41, 5.74) is 1.47. The Morgan fingerprint density at radius 2 is 1.59 bits per heavy atom. The van der Waals surface area contributed by atoms with Gasteiger partial charge in [0.05, 0.1) is 18.7 Å². The molecule has 0 saturated carbocycles. The number of furan rings is 1. The molecule has 2 atom stereocenters. The number of benzene rings is 2. The summed E-state index contributed by atoms with van der Waals surface area (Å²) in [7, 11) is 0. The van der Waals surface area contributed by atoms with Crippen molar-refractivity contribution >= 4 is 11.8 Å². The minimum atomic E-state index is -0.402. The summed E-state index contributed by atoms with van der Waals surface area (Å²) in [6.45, 7) is 1.97. The molecule has 0 saturated heterocycles. The molecule has 2 amide bonds. The minimum Gasteiger partial charge on any atom is -0.469 e. The van der Waals surface area contributed by atoms with E-state index >= 15 is 0 Å². The summed E-state index contributed by atoms with van der Waals surface area (Å²) in [5.74, 6) is 0.612. The molecule has 2 aromatic carbocycles. The molecule has 2 N–H and O–H groups in total. The Bertz CT molecular complexity index is 892. The summed E-state index contributed by atoms with van der Waals surface area (Å²) >= 11 is 0. The molecule has 1 heterocycles. The van der Waals surface area contributed by atoms with Gasteiger partial charge < -0.3 is 15.1 Å². The second-order valence-electron chi connectivity index (χ2n) is 7.09. The average Bonchev–Trinajstić information content (AvgIpc) is 3.27. The number of carbonyl (C=O) groups is 2. The predicted molar refractivity (Wildman–Crippen MR) is 112 cm³/mol. The Labute approximate surface area is 171 Å². The first kappa shape index (κ1) is 20.4. The molecule has 3 rings (SSSR count). The highest BCUT2D eigenvalue weighted by atomic mass is 16.3. The van der Waals surface area contributed by atoms with E-state index in [1.54, 1.807) is 18.4 Å². The largest absolute Gasteiger partial charge is 0.469 e. The second kappa shape index (κ2) is 10.3. The molecule has 29 heavy (non-hydrogen) atoms. The van der Waals surface area contributed by atoms with Gasteiger partial charge in [0.1, 0.15) is 5.76 Å². The van der Waals surface area contributed by atoms with Gasteiger partial charge in [-0.3, -0.25) is 9.59 Å². The molecule has 0 aliphatic rings. The number of amides is 2. The van der Waals surface area contributed by atoms with E-state index in [9.17, 15) is 9.59 Å². The highest BCUT2D eigenvalue weighted by Crippen LogP contribution is 2.18. The van der Waals surface area contributed by atoms with E-state index in [2.05, 4.69) is 10.6 Å². The second-order valence-corrected chi connectivity index (χ2v) is 7.09. The van der Waals surface area contributed by atoms with Crippen molar-refractivity contribution in [2.24, 2.45) is 0 Å². The molecule has 0 spiro atoms. The molecular weight excluding hydrogens is 364 g/mol. The molecule has 3 aromatic rings. The van der Waals surface area contributed by atoms with Gasteiger partial charge in [0.2, 0.25) is 5.91 Å². The number of carbonyl (C=O) groups excluding carboxylic acids is 2. The maximum Gasteiger partial charge on any atom is 0.251 e. The van der Waals surface area contributed by atoms with Crippen LogP contribution in [-0.2, 0) is 11.2 Å². The summed E-state index contributed by atoms with van der Waals surface area (Å²) in [5, 5.41) is 6.02. The van der Waals surface area contributed by atoms with Gasteiger partial charge in [0.25, 0.3) is 5.91 Å². The maximum absolute atomic E-state index is 12.6. The van der Waals surface area contributed by atoms with Crippen LogP contribution in [0, 0.1) is 0 Å². The van der Waals surface area contributed by atoms with Gasteiger partial charge in [0.15, 0.2) is 0 Å². The van der Waals surface area contributed by atoms with Gasteiger partial charge in [-0.15, -0.1) is 0 Å². The Morgan fingerprint density at radius 3 is 2.24 bits per heavy atom. The quantitative estimate of drug-likeness (QED) is 0.573. The lowest BCUT2D eigenvalue weighted by atomic mass is 10.0. The van der Waals surface area contributed by atoms with Crippen LogP contribution in [0.3, 0.4) is 0 Å². The Balaban J connectivity index is 1.60. The van der Waals surface area contributed by atoms with Gasteiger partial charge in [-0.05, 0) is 43.2 Å². The van der Waals surface area contributed by atoms with Crippen LogP contribution < -0.4 is 10.6 Å². The van der Waals surface area contributed by atoms with Crippen molar-refractivity contribution in [3.05, 3.63) is 95.9 Å². The standard InChI is InChI=1S/C24H26N2O3/c1-18(14-15-21-13-8-16-29-21)25-23(27)17-22(19-9-4-2-5-10-19)26-24(28)20-11-6-3-7-12-20/h2-13,16,18,22H,14-15,17H2,1H3,(H,25,27)(H,26,28)/t18-,22+/m1/s1. The van der Waals surface area contributed by atoms with E-state index in [-0.39, 0.29) is 24.3 Å². The maximum atomic E-state index is 12.6. The predicted octanol–water partition coefficient (Wildman–Crippen LogP) is 4.28. The number of aryl methyl sites for hydroxylation is 1. The zero-order chi connectivity index (χ0) is 20.5. The van der Waals surface area contributed by atoms with Crippen LogP contribution in [0.2, 0.25) is 0 Å². The monoisotopic (exact) mass is 390 g/mol. The number of rotatable bonds is 9. The first-order chi connectivity index (χ1) is 14.1. The van der Waals surface area contributed by atoms with Crippen LogP contribution in [-0.4, -0.2) is 17.9 Å². The third kappa shape index (κ3) is 6.35. The highest BCUT2D eigenvalue weighted by Gasteiger charge is 2.20. The molecule has 0 bridgehead atoms. The van der Waals surface area contributed by atoms with Crippen LogP contribution in [0.1, 0.15) is 47.5 Å². The number of hydrogen-bond acceptors (Lipinski definition) is 3. The van der Waals surface area contributed by atoms with Crippen LogP contribution in [0.5, 0.6) is 0 Å². The van der Waals surface area contributed by atoms with Crippen molar-refractivity contribution in [2.75, 3.05) is 0 Å². The summed E-state index contributed by atoms with van der Waals surface area (Å²) in [4.78, 5) is 25.2. The van der Waals surface area contributed by atoms with E-state index in [0.717, 1.165) is 24.2 Å². The Kier molecular flexibility index (Phi) is 7.22. The molecule has 0 aliphatic heterocycles. The highest BCUT2D eigenvalue weighted by molar-refractivity contribution is 5.94. The molecule has 0 radical (unpaired) electrons. The summed E-state index contributed by atoms with van der Waals surface area (Å²) in [6.07, 6.45) is 3.37. The Morgan fingerprint density at radius 1 is 0.897 bits per heavy atom. The normalized spacial score (nSPS) is 12.7. The SMILES string of the molecule is C[C@H](CCc1ccco1)NC(=O)C[C@H](NC(=O)c1ccccc1)c1ccccc1. The van der Waals surface area contributed by atoms with E-state index in [0.29, 0.717) is 5.56 Å². The van der Waals surface area contributed by atoms with Crippen LogP contribution in [0.4, 0.5) is 0 Å². The van der Waals surface area contributed by atoms with Crippen LogP contribution in [0.25, 0.3) is 0 Å². The van der Waals surface area contributed by atoms with Gasteiger partial charge in [0, 0.05) is 18.0 Å². The molecule has 1 aromatic heterocycles. The molecule has 0 aliphatic carbocycles. The Hall–Kier alpha value is -3.34. The lowest BCUT2D eigenvalue weighted by molar-refractivity contribution is -0.122. The van der Waals surface area contributed by atoms with Gasteiger partial charge in [-0.1, -0.05) is 48.5 Å². The van der Waals surface area contributed by atoms with Gasteiger partial charge in [-0.25, -0.2) is 0 Å². The van der Waals surface area contributed by atoms with E-state index in [4.69, 9.17) is 4.42 Å². The topological polar surface area (TPSA) is 71.3 Å². The first-order valence-corrected chi connectivity index (χ1v) is 9.84. The minimum absolute atomic E-state index is 0.00819. The third-order valence-corrected chi connectivity index (χ3v) is 4.74. The zero-order valence-corrected chi connectivity index (χ0v) is 16.5. The van der Waals surface area contributed by atoms with Crippen LogP contribution >= 0.6 is 0 Å². The number of nitrogens with one attached hydrogen (secondary N) is 2. The summed E-state index contributed by atoms with van der Waals surface area (Å²) in [6, 6.07) is 22.0. The third-order valence-electron chi connectivity index (χ3n) is 4.74. The van der Waals surface area contributed by atoms with Crippen molar-refractivity contribution in [2.45, 2.75) is 38.3 Å². The molecule has 5 nitrogen and oxygen atoms in total. The fourth-order valence-electron chi connectivity index (χ4n) is 3.17. The molecule has 150 valence electrons. The zero-order valence-electron chi connectivity index (χ0n) is 16.5. The van der Waals surface area contributed by atoms with Gasteiger partial charge in [-0.2, -0.15) is 0 Å². The molecule has 5 heteroatoms. The van der Waals surface area contributed by atoms with Crippen molar-refractivity contribution in [1.82, 2.24) is 10.6 Å². The lowest BCUT2D eigenvalue weighted by Crippen LogP contribution is -2.37. The van der Waals surface area contributed by atoms with Crippen molar-refractivity contribution in [3.63, 3.8) is 0 Å². The van der Waals surface area contributed by atoms with E-state index < -0.39 is 6.04 Å². The molecule has 0 fully saturated rings. The summed E-state index contributed by atoms with van der Waals surface area (Å²) < 4.78 is 5.34. The molecule has 0 unspecified atom stereocenters. The van der Waals surface area contributed by atoms with Crippen molar-refractivity contribution in [1.29, 1.82) is 0 Å². The number of hydrogen-bond donors (Lipinski definition) is 2. The van der Waals surface area contributed by atoms with Crippen LogP contribution in [0.15, 0.2) is 83.5 Å². The van der Waals surface area contributed by atoms with E-state index in [1.807, 2.05) is 67.6 Å². The van der Waals surface area contributed by atoms with Crippen molar-refractivity contribution < 1.29 is 14.0 Å².